The topological polar surface area (TPSA) is 0 Å². The summed E-state index contributed by atoms with van der Waals surface area (Å²) >= 11 is 0. The summed E-state index contributed by atoms with van der Waals surface area (Å²) in [5.74, 6) is 0. The van der Waals surface area contributed by atoms with Gasteiger partial charge in [-0.15, -0.1) is 0 Å². The summed E-state index contributed by atoms with van der Waals surface area (Å²) in [6.45, 7) is 6.86. The first kappa shape index (κ1) is 8.58. The molecule has 0 aromatic heterocycles. The molecule has 0 bridgehead atoms. The Balaban J connectivity index is 2.76. The number of hydrogen-bond acceptors (Lipinski definition) is 0. The molecule has 1 rings (SSSR count). The Kier molecular flexibility index (Phi) is 2.53. The van der Waals surface area contributed by atoms with Gasteiger partial charge < -0.3 is 0 Å². The maximum absolute atomic E-state index is 2.34. The molecule has 0 fully saturated rings. The van der Waals surface area contributed by atoms with Crippen molar-refractivity contribution < 1.29 is 0 Å². The second kappa shape index (κ2) is 3.25. The molecule has 0 amide bonds. The van der Waals surface area contributed by atoms with Gasteiger partial charge in [0.25, 0.3) is 0 Å². The van der Waals surface area contributed by atoms with Gasteiger partial charge in [0.1, 0.15) is 0 Å². The number of rotatable bonds is 3. The van der Waals surface area contributed by atoms with Crippen LogP contribution in [0, 0.1) is 11.8 Å². The lowest BCUT2D eigenvalue weighted by atomic mass is 9.78. The molecule has 1 aliphatic rings. The first-order valence-electron chi connectivity index (χ1n) is 4.45. The maximum atomic E-state index is 2.34. The van der Waals surface area contributed by atoms with E-state index in [2.05, 4.69) is 45.4 Å². The van der Waals surface area contributed by atoms with Crippen LogP contribution >= 0.6 is 0 Å². The van der Waals surface area contributed by atoms with Gasteiger partial charge in [-0.1, -0.05) is 39.0 Å². The molecule has 0 aromatic rings. The molecule has 0 unspecified atom stereocenters. The Morgan fingerprint density at radius 3 is 2.27 bits per heavy atom. The van der Waals surface area contributed by atoms with E-state index in [1.807, 2.05) is 0 Å². The predicted molar refractivity (Wildman–Crippen MR) is 50.2 cm³/mol. The summed E-state index contributed by atoms with van der Waals surface area (Å²) in [5.41, 5.74) is 1.89. The van der Waals surface area contributed by atoms with E-state index in [1.54, 1.807) is 0 Å². The van der Waals surface area contributed by atoms with Crippen LogP contribution in [0.15, 0.2) is 23.8 Å². The first-order valence-corrected chi connectivity index (χ1v) is 4.45. The van der Waals surface area contributed by atoms with Crippen molar-refractivity contribution in [2.45, 2.75) is 33.6 Å². The van der Waals surface area contributed by atoms with Crippen LogP contribution in [-0.4, -0.2) is 0 Å². The molecule has 1 radical (unpaired) electrons. The van der Waals surface area contributed by atoms with E-state index >= 15 is 0 Å². The highest BCUT2D eigenvalue weighted by atomic mass is 14.3. The van der Waals surface area contributed by atoms with Crippen molar-refractivity contribution >= 4 is 0 Å². The van der Waals surface area contributed by atoms with Crippen LogP contribution in [0.5, 0.6) is 0 Å². The van der Waals surface area contributed by atoms with E-state index in [-0.39, 0.29) is 0 Å². The van der Waals surface area contributed by atoms with Crippen molar-refractivity contribution in [2.75, 3.05) is 0 Å². The zero-order valence-electron chi connectivity index (χ0n) is 7.72. The van der Waals surface area contributed by atoms with Crippen molar-refractivity contribution in [3.05, 3.63) is 30.2 Å². The number of hydrogen-bond donors (Lipinski definition) is 0. The lowest BCUT2D eigenvalue weighted by Crippen LogP contribution is -2.15. The van der Waals surface area contributed by atoms with E-state index in [1.165, 1.54) is 18.4 Å². The van der Waals surface area contributed by atoms with Crippen LogP contribution in [0.1, 0.15) is 33.6 Å². The minimum absolute atomic E-state index is 0.406. The zero-order chi connectivity index (χ0) is 8.32. The van der Waals surface area contributed by atoms with E-state index in [0.717, 1.165) is 0 Å². The molecule has 0 aliphatic heterocycles. The Morgan fingerprint density at radius 1 is 1.27 bits per heavy atom. The van der Waals surface area contributed by atoms with Gasteiger partial charge in [0, 0.05) is 6.42 Å². The quantitative estimate of drug-likeness (QED) is 0.576. The van der Waals surface area contributed by atoms with Crippen molar-refractivity contribution in [1.29, 1.82) is 0 Å². The lowest BCUT2D eigenvalue weighted by molar-refractivity contribution is 0.377. The summed E-state index contributed by atoms with van der Waals surface area (Å²) in [6.07, 6.45) is 11.2. The van der Waals surface area contributed by atoms with Crippen molar-refractivity contribution in [1.82, 2.24) is 0 Å². The monoisotopic (exact) mass is 149 g/mol. The molecular weight excluding hydrogens is 132 g/mol. The van der Waals surface area contributed by atoms with E-state index in [9.17, 15) is 0 Å². The predicted octanol–water partition coefficient (Wildman–Crippen LogP) is 3.51. The van der Waals surface area contributed by atoms with Crippen LogP contribution < -0.4 is 0 Å². The normalized spacial score (nSPS) is 17.2. The third-order valence-corrected chi connectivity index (χ3v) is 2.92. The largest absolute Gasteiger partial charge is 0.0764 e. The molecule has 0 heteroatoms. The second-order valence-electron chi connectivity index (χ2n) is 3.44. The van der Waals surface area contributed by atoms with Crippen LogP contribution in [0.2, 0.25) is 0 Å². The maximum Gasteiger partial charge on any atom is 0.00537 e. The summed E-state index contributed by atoms with van der Waals surface area (Å²) < 4.78 is 0. The Morgan fingerprint density at radius 2 is 1.91 bits per heavy atom. The molecule has 0 nitrogen and oxygen atoms in total. The molecule has 0 N–H and O–H groups in total. The molecule has 1 aliphatic carbocycles. The summed E-state index contributed by atoms with van der Waals surface area (Å²) in [4.78, 5) is 0. The van der Waals surface area contributed by atoms with Gasteiger partial charge in [-0.25, -0.2) is 0 Å². The molecule has 0 atom stereocenters. The summed E-state index contributed by atoms with van der Waals surface area (Å²) in [6, 6.07) is 0. The van der Waals surface area contributed by atoms with Gasteiger partial charge in [-0.3, -0.25) is 0 Å². The second-order valence-corrected chi connectivity index (χ2v) is 3.44. The van der Waals surface area contributed by atoms with Crippen LogP contribution in [0.4, 0.5) is 0 Å². The van der Waals surface area contributed by atoms with E-state index < -0.39 is 0 Å². The number of allylic oxidation sites excluding steroid dienone is 4. The third kappa shape index (κ3) is 1.55. The highest BCUT2D eigenvalue weighted by molar-refractivity contribution is 5.37. The fourth-order valence-corrected chi connectivity index (χ4v) is 1.43. The minimum atomic E-state index is 0.406. The van der Waals surface area contributed by atoms with Crippen molar-refractivity contribution in [3.8, 4) is 0 Å². The summed E-state index contributed by atoms with van der Waals surface area (Å²) in [7, 11) is 0. The summed E-state index contributed by atoms with van der Waals surface area (Å²) in [5, 5.41) is 0. The van der Waals surface area contributed by atoms with E-state index in [4.69, 9.17) is 0 Å². The highest BCUT2D eigenvalue weighted by Gasteiger charge is 2.23. The van der Waals surface area contributed by atoms with Gasteiger partial charge >= 0.3 is 0 Å². The van der Waals surface area contributed by atoms with Gasteiger partial charge in [-0.2, -0.15) is 0 Å². The molecule has 0 spiro atoms. The Hall–Kier alpha value is -0.520. The standard InChI is InChI=1S/C11H17/c1-4-11(3,5-2)10-8-6-7-9-10/h6-9H,4-5H2,1-3H3. The Labute approximate surface area is 70.0 Å². The Bertz CT molecular complexity index is 180. The van der Waals surface area contributed by atoms with Gasteiger partial charge in [0.2, 0.25) is 0 Å². The molecular formula is C11H17. The van der Waals surface area contributed by atoms with E-state index in [0.29, 0.717) is 5.41 Å². The minimum Gasteiger partial charge on any atom is -0.0764 e. The van der Waals surface area contributed by atoms with Gasteiger partial charge in [-0.05, 0) is 23.8 Å². The molecule has 61 valence electrons. The highest BCUT2D eigenvalue weighted by Crippen LogP contribution is 2.36. The molecule has 0 heterocycles. The smallest absolute Gasteiger partial charge is 0.00537 e. The fourth-order valence-electron chi connectivity index (χ4n) is 1.43. The van der Waals surface area contributed by atoms with Gasteiger partial charge in [0.05, 0.1) is 0 Å². The SMILES string of the molecule is CCC(C)(CC)C1=C[CH]C=C1. The molecule has 0 saturated heterocycles. The molecule has 0 saturated carbocycles. The van der Waals surface area contributed by atoms with Crippen LogP contribution in [0.25, 0.3) is 0 Å². The van der Waals surface area contributed by atoms with Crippen LogP contribution in [0.3, 0.4) is 0 Å². The zero-order valence-corrected chi connectivity index (χ0v) is 7.72. The van der Waals surface area contributed by atoms with Crippen molar-refractivity contribution in [3.63, 3.8) is 0 Å². The average Bonchev–Trinajstić information content (AvgIpc) is 2.55. The fraction of sp³-hybridized carbons (Fsp3) is 0.545. The van der Waals surface area contributed by atoms with Crippen molar-refractivity contribution in [2.24, 2.45) is 5.41 Å². The first-order chi connectivity index (χ1) is 5.23. The third-order valence-electron chi connectivity index (χ3n) is 2.92. The average molecular weight is 149 g/mol. The lowest BCUT2D eigenvalue weighted by Gasteiger charge is -2.27. The molecule has 0 aromatic carbocycles. The van der Waals surface area contributed by atoms with Gasteiger partial charge in [0.15, 0.2) is 0 Å². The van der Waals surface area contributed by atoms with Crippen LogP contribution in [-0.2, 0) is 0 Å². The molecule has 11 heavy (non-hydrogen) atoms.